The fraction of sp³-hybridized carbons (Fsp3) is 0.647. The molecule has 1 aliphatic carbocycles. The summed E-state index contributed by atoms with van der Waals surface area (Å²) in [5.74, 6) is -1.60. The Bertz CT molecular complexity index is 808. The number of methoxy groups -OCH3 is 1. The maximum Gasteiger partial charge on any atom is 0.490 e. The third-order valence-corrected chi connectivity index (χ3v) is 5.43. The van der Waals surface area contributed by atoms with Gasteiger partial charge in [0.25, 0.3) is 0 Å². The van der Waals surface area contributed by atoms with E-state index in [0.29, 0.717) is 5.92 Å². The largest absolute Gasteiger partial charge is 0.490 e. The lowest BCUT2D eigenvalue weighted by Crippen LogP contribution is -2.36. The Balaban J connectivity index is 0.000000298. The molecule has 1 unspecified atom stereocenters. The lowest BCUT2D eigenvalue weighted by Gasteiger charge is -2.31. The van der Waals surface area contributed by atoms with Crippen LogP contribution in [0.25, 0.3) is 0 Å². The molecule has 1 N–H and O–H groups in total. The lowest BCUT2D eigenvalue weighted by atomic mass is 9.99. The highest BCUT2D eigenvalue weighted by atomic mass is 32.1. The topological polar surface area (TPSA) is 93.4 Å². The van der Waals surface area contributed by atoms with Gasteiger partial charge >= 0.3 is 12.1 Å². The summed E-state index contributed by atoms with van der Waals surface area (Å²) in [7, 11) is 1.77. The molecule has 0 aromatic carbocycles. The number of fused-ring (bicyclic) bond motifs is 1. The summed E-state index contributed by atoms with van der Waals surface area (Å²) < 4.78 is 39.3. The number of hydrogen-bond donors (Lipinski definition) is 1. The van der Waals surface area contributed by atoms with Gasteiger partial charge in [0.15, 0.2) is 0 Å². The molecule has 1 fully saturated rings. The summed E-state index contributed by atoms with van der Waals surface area (Å²) in [4.78, 5) is 15.7. The Hall–Kier alpha value is -2.05. The number of hydrogen-bond acceptors (Lipinski definition) is 7. The summed E-state index contributed by atoms with van der Waals surface area (Å²) in [6.45, 7) is 4.47. The molecule has 0 amide bonds. The molecule has 2 aromatic rings. The van der Waals surface area contributed by atoms with Crippen molar-refractivity contribution in [2.45, 2.75) is 44.6 Å². The van der Waals surface area contributed by atoms with Crippen LogP contribution in [0.3, 0.4) is 0 Å². The van der Waals surface area contributed by atoms with E-state index in [0.717, 1.165) is 49.4 Å². The fourth-order valence-corrected chi connectivity index (χ4v) is 3.90. The Morgan fingerprint density at radius 3 is 2.69 bits per heavy atom. The molecule has 0 spiro atoms. The Kier molecular flexibility index (Phi) is 6.85. The molecule has 0 radical (unpaired) electrons. The normalized spacial score (nSPS) is 19.4. The first-order chi connectivity index (χ1) is 13.8. The SMILES string of the molecule is COCC1CN(Cc2nccs2)Cc2nnn(CC3CC3)c21.O=C(O)C(F)(F)F. The predicted octanol–water partition coefficient (Wildman–Crippen LogP) is 2.52. The molecule has 1 saturated carbocycles. The molecular weight excluding hydrogens is 411 g/mol. The van der Waals surface area contributed by atoms with Gasteiger partial charge in [0.2, 0.25) is 0 Å². The van der Waals surface area contributed by atoms with Crippen LogP contribution in [-0.2, 0) is 29.2 Å². The summed E-state index contributed by atoms with van der Waals surface area (Å²) in [5, 5.41) is 19.2. The molecule has 2 aliphatic rings. The van der Waals surface area contributed by atoms with Crippen molar-refractivity contribution in [1.82, 2.24) is 24.9 Å². The molecule has 12 heteroatoms. The van der Waals surface area contributed by atoms with Gasteiger partial charge in [-0.25, -0.2) is 14.5 Å². The second-order valence-corrected chi connectivity index (χ2v) is 8.08. The van der Waals surface area contributed by atoms with Crippen LogP contribution in [0, 0.1) is 5.92 Å². The van der Waals surface area contributed by atoms with Crippen molar-refractivity contribution in [3.05, 3.63) is 28.0 Å². The highest BCUT2D eigenvalue weighted by molar-refractivity contribution is 7.09. The quantitative estimate of drug-likeness (QED) is 0.748. The minimum atomic E-state index is -5.08. The minimum Gasteiger partial charge on any atom is -0.475 e. The number of aliphatic carboxylic acids is 1. The third kappa shape index (κ3) is 5.97. The zero-order chi connectivity index (χ0) is 21.0. The molecule has 0 bridgehead atoms. The standard InChI is InChI=1S/C15H21N5OS.C2HF3O2/c1-21-10-12-7-19(9-14-16-4-5-22-14)8-13-15(12)20(18-17-13)6-11-2-3-11;3-2(4,5)1(6)7/h4-5,11-12H,2-3,6-10H2,1H3;(H,6,7). The van der Waals surface area contributed by atoms with Gasteiger partial charge in [-0.05, 0) is 18.8 Å². The Morgan fingerprint density at radius 2 is 2.14 bits per heavy atom. The predicted molar refractivity (Wildman–Crippen MR) is 97.3 cm³/mol. The minimum absolute atomic E-state index is 0.350. The maximum absolute atomic E-state index is 10.6. The van der Waals surface area contributed by atoms with Crippen LogP contribution in [-0.4, -0.2) is 62.4 Å². The number of thiazole rings is 1. The van der Waals surface area contributed by atoms with Crippen LogP contribution in [0.4, 0.5) is 13.2 Å². The van der Waals surface area contributed by atoms with Crippen LogP contribution in [0.1, 0.15) is 35.2 Å². The summed E-state index contributed by atoms with van der Waals surface area (Å²) in [5.41, 5.74) is 2.41. The monoisotopic (exact) mass is 433 g/mol. The van der Waals surface area contributed by atoms with E-state index >= 15 is 0 Å². The van der Waals surface area contributed by atoms with Crippen LogP contribution in [0.2, 0.25) is 0 Å². The number of carboxylic acid groups (broad SMARTS) is 1. The van der Waals surface area contributed by atoms with Crippen LogP contribution in [0.15, 0.2) is 11.6 Å². The van der Waals surface area contributed by atoms with Gasteiger partial charge in [-0.2, -0.15) is 13.2 Å². The number of carboxylic acids is 1. The van der Waals surface area contributed by atoms with Crippen molar-refractivity contribution in [3.8, 4) is 0 Å². The van der Waals surface area contributed by atoms with E-state index in [9.17, 15) is 13.2 Å². The van der Waals surface area contributed by atoms with Gasteiger partial charge in [0.1, 0.15) is 10.7 Å². The van der Waals surface area contributed by atoms with Gasteiger partial charge in [-0.15, -0.1) is 16.4 Å². The number of alkyl halides is 3. The molecule has 29 heavy (non-hydrogen) atoms. The van der Waals surface area contributed by atoms with E-state index in [1.54, 1.807) is 18.4 Å². The second kappa shape index (κ2) is 9.18. The van der Waals surface area contributed by atoms with Crippen LogP contribution >= 0.6 is 11.3 Å². The second-order valence-electron chi connectivity index (χ2n) is 7.10. The summed E-state index contributed by atoms with van der Waals surface area (Å²) in [6.07, 6.45) is -0.548. The van der Waals surface area contributed by atoms with Crippen molar-refractivity contribution < 1.29 is 27.8 Å². The Morgan fingerprint density at radius 1 is 1.41 bits per heavy atom. The zero-order valence-electron chi connectivity index (χ0n) is 15.8. The van der Waals surface area contributed by atoms with Crippen molar-refractivity contribution in [3.63, 3.8) is 0 Å². The number of nitrogens with zero attached hydrogens (tertiary/aromatic N) is 5. The first-order valence-electron chi connectivity index (χ1n) is 9.10. The van der Waals surface area contributed by atoms with E-state index in [1.165, 1.54) is 18.5 Å². The number of aromatic nitrogens is 4. The maximum atomic E-state index is 10.6. The lowest BCUT2D eigenvalue weighted by molar-refractivity contribution is -0.192. The van der Waals surface area contributed by atoms with Crippen molar-refractivity contribution in [2.24, 2.45) is 5.92 Å². The van der Waals surface area contributed by atoms with Gasteiger partial charge < -0.3 is 9.84 Å². The molecule has 3 heterocycles. The van der Waals surface area contributed by atoms with E-state index in [2.05, 4.69) is 24.9 Å². The van der Waals surface area contributed by atoms with E-state index in [1.807, 2.05) is 11.6 Å². The van der Waals surface area contributed by atoms with Gasteiger partial charge in [0, 0.05) is 44.2 Å². The summed E-state index contributed by atoms with van der Waals surface area (Å²) in [6, 6.07) is 0. The molecule has 8 nitrogen and oxygen atoms in total. The first-order valence-corrected chi connectivity index (χ1v) is 9.98. The highest BCUT2D eigenvalue weighted by Crippen LogP contribution is 2.34. The third-order valence-electron chi connectivity index (χ3n) is 4.67. The van der Waals surface area contributed by atoms with Crippen LogP contribution < -0.4 is 0 Å². The van der Waals surface area contributed by atoms with E-state index in [4.69, 9.17) is 14.6 Å². The first kappa shape index (κ1) is 21.7. The van der Waals surface area contributed by atoms with Gasteiger partial charge in [0.05, 0.1) is 18.8 Å². The molecule has 2 aromatic heterocycles. The smallest absolute Gasteiger partial charge is 0.475 e. The van der Waals surface area contributed by atoms with E-state index < -0.39 is 12.1 Å². The molecule has 1 atom stereocenters. The molecule has 4 rings (SSSR count). The number of rotatable bonds is 6. The van der Waals surface area contributed by atoms with Crippen molar-refractivity contribution in [2.75, 3.05) is 20.3 Å². The highest BCUT2D eigenvalue weighted by Gasteiger charge is 2.38. The average molecular weight is 433 g/mol. The number of carbonyl (C=O) groups is 1. The fourth-order valence-electron chi connectivity index (χ4n) is 3.25. The van der Waals surface area contributed by atoms with Crippen molar-refractivity contribution in [1.29, 1.82) is 0 Å². The molecule has 0 saturated heterocycles. The van der Waals surface area contributed by atoms with Gasteiger partial charge in [-0.3, -0.25) is 4.90 Å². The number of ether oxygens (including phenoxy) is 1. The van der Waals surface area contributed by atoms with Crippen molar-refractivity contribution >= 4 is 17.3 Å². The zero-order valence-corrected chi connectivity index (χ0v) is 16.6. The van der Waals surface area contributed by atoms with Crippen LogP contribution in [0.5, 0.6) is 0 Å². The summed E-state index contributed by atoms with van der Waals surface area (Å²) >= 11 is 1.71. The molecule has 160 valence electrons. The Labute approximate surface area is 169 Å². The molecular formula is C17H22F3N5O3S. The average Bonchev–Trinajstić information content (AvgIpc) is 3.14. The number of halogens is 3. The van der Waals surface area contributed by atoms with Gasteiger partial charge in [-0.1, -0.05) is 5.21 Å². The molecule has 1 aliphatic heterocycles. The van der Waals surface area contributed by atoms with E-state index in [-0.39, 0.29) is 0 Å².